The summed E-state index contributed by atoms with van der Waals surface area (Å²) in [4.78, 5) is 34.5. The number of esters is 1. The zero-order chi connectivity index (χ0) is 16.5. The molecule has 0 bridgehead atoms. The summed E-state index contributed by atoms with van der Waals surface area (Å²) in [6.07, 6.45) is 8.23. The predicted octanol–water partition coefficient (Wildman–Crippen LogP) is 1.34. The largest absolute Gasteiger partial charge is 0.460 e. The van der Waals surface area contributed by atoms with Gasteiger partial charge in [-0.3, -0.25) is 14.5 Å². The summed E-state index contributed by atoms with van der Waals surface area (Å²) < 4.78 is 4.46. The van der Waals surface area contributed by atoms with Crippen LogP contribution in [0.2, 0.25) is 0 Å². The van der Waals surface area contributed by atoms with E-state index in [1.807, 2.05) is 0 Å². The van der Waals surface area contributed by atoms with Gasteiger partial charge in [-0.05, 0) is 19.8 Å². The van der Waals surface area contributed by atoms with Crippen molar-refractivity contribution in [3.05, 3.63) is 24.3 Å². The van der Waals surface area contributed by atoms with Crippen LogP contribution in [-0.4, -0.2) is 47.0 Å². The summed E-state index contributed by atoms with van der Waals surface area (Å²) >= 11 is 0. The molecule has 6 nitrogen and oxygen atoms in total. The van der Waals surface area contributed by atoms with Gasteiger partial charge in [0.15, 0.2) is 0 Å². The highest BCUT2D eigenvalue weighted by Crippen LogP contribution is 2.24. The van der Waals surface area contributed by atoms with Gasteiger partial charge in [0.25, 0.3) is 11.8 Å². The minimum absolute atomic E-state index is 0.0473. The highest BCUT2D eigenvalue weighted by atomic mass is 16.5. The molecular formula is C16H23NO5. The molecule has 6 heteroatoms. The van der Waals surface area contributed by atoms with Crippen molar-refractivity contribution in [2.45, 2.75) is 45.1 Å². The lowest BCUT2D eigenvalue weighted by molar-refractivity contribution is -0.141. The third-order valence-electron chi connectivity index (χ3n) is 3.46. The Morgan fingerprint density at radius 3 is 2.27 bits per heavy atom. The highest BCUT2D eigenvalue weighted by molar-refractivity contribution is 6.13. The number of nitrogens with zero attached hydrogens (tertiary/aromatic N) is 1. The summed E-state index contributed by atoms with van der Waals surface area (Å²) in [5.41, 5.74) is 0.350. The molecule has 1 heterocycles. The lowest BCUT2D eigenvalue weighted by Gasteiger charge is -2.29. The fourth-order valence-electron chi connectivity index (χ4n) is 2.37. The first-order chi connectivity index (χ1) is 10.5. The van der Waals surface area contributed by atoms with Crippen molar-refractivity contribution in [3.63, 3.8) is 0 Å². The predicted molar refractivity (Wildman–Crippen MR) is 80.7 cm³/mol. The van der Waals surface area contributed by atoms with Crippen LogP contribution in [0.1, 0.15) is 39.0 Å². The molecule has 1 saturated carbocycles. The van der Waals surface area contributed by atoms with Gasteiger partial charge in [-0.1, -0.05) is 25.8 Å². The molecule has 1 fully saturated rings. The first-order valence-electron chi connectivity index (χ1n) is 7.46. The van der Waals surface area contributed by atoms with Gasteiger partial charge in [-0.25, -0.2) is 4.79 Å². The topological polar surface area (TPSA) is 83.9 Å². The van der Waals surface area contributed by atoms with Crippen LogP contribution >= 0.6 is 0 Å². The van der Waals surface area contributed by atoms with Crippen molar-refractivity contribution in [1.29, 1.82) is 0 Å². The Bertz CT molecular complexity index is 445. The number of aliphatic hydroxyl groups is 1. The zero-order valence-corrected chi connectivity index (χ0v) is 12.9. The minimum atomic E-state index is -0.455. The molecule has 22 heavy (non-hydrogen) atoms. The standard InChI is InChI=1S/C10H13NO2.C6H10O3/c12-9-6-7-10(13)11(9)8-4-2-1-3-5-8;1-5(2)6(8)9-4-3-7/h6-8H,1-5H2;7H,1,3-4H2,2H3. The molecule has 1 N–H and O–H groups in total. The maximum atomic E-state index is 11.3. The van der Waals surface area contributed by atoms with Crippen LogP contribution in [0.5, 0.6) is 0 Å². The van der Waals surface area contributed by atoms with E-state index >= 15 is 0 Å². The van der Waals surface area contributed by atoms with Gasteiger partial charge in [0, 0.05) is 23.8 Å². The average Bonchev–Trinajstić information content (AvgIpc) is 2.85. The van der Waals surface area contributed by atoms with Gasteiger partial charge in [0.1, 0.15) is 6.61 Å². The van der Waals surface area contributed by atoms with E-state index < -0.39 is 5.97 Å². The van der Waals surface area contributed by atoms with Gasteiger partial charge in [-0.15, -0.1) is 0 Å². The van der Waals surface area contributed by atoms with E-state index in [1.54, 1.807) is 6.92 Å². The Morgan fingerprint density at radius 2 is 1.82 bits per heavy atom. The Labute approximate surface area is 130 Å². The molecule has 0 saturated heterocycles. The lowest BCUT2D eigenvalue weighted by atomic mass is 9.94. The number of aliphatic hydroxyl groups excluding tert-OH is 1. The summed E-state index contributed by atoms with van der Waals surface area (Å²) in [6.45, 7) is 4.81. The fraction of sp³-hybridized carbons (Fsp3) is 0.562. The molecule has 2 rings (SSSR count). The molecular weight excluding hydrogens is 286 g/mol. The van der Waals surface area contributed by atoms with E-state index in [9.17, 15) is 14.4 Å². The van der Waals surface area contributed by atoms with Crippen LogP contribution in [0.25, 0.3) is 0 Å². The number of carbonyl (C=O) groups excluding carboxylic acids is 3. The number of ether oxygens (including phenoxy) is 1. The number of amides is 2. The summed E-state index contributed by atoms with van der Waals surface area (Å²) in [6, 6.07) is 0.170. The second-order valence-electron chi connectivity index (χ2n) is 5.31. The van der Waals surface area contributed by atoms with Crippen LogP contribution in [0.4, 0.5) is 0 Å². The number of hydrogen-bond acceptors (Lipinski definition) is 5. The zero-order valence-electron chi connectivity index (χ0n) is 12.9. The second kappa shape index (κ2) is 9.15. The van der Waals surface area contributed by atoms with E-state index in [-0.39, 0.29) is 31.1 Å². The molecule has 1 aliphatic carbocycles. The van der Waals surface area contributed by atoms with Gasteiger partial charge in [0.2, 0.25) is 0 Å². The number of imide groups is 1. The van der Waals surface area contributed by atoms with Gasteiger partial charge in [-0.2, -0.15) is 0 Å². The Kier molecular flexibility index (Phi) is 7.52. The SMILES string of the molecule is C=C(C)C(=O)OCCO.O=C1C=CC(=O)N1C1CCCCC1. The lowest BCUT2D eigenvalue weighted by Crippen LogP contribution is -2.41. The van der Waals surface area contributed by atoms with E-state index in [0.29, 0.717) is 5.57 Å². The molecule has 0 atom stereocenters. The highest BCUT2D eigenvalue weighted by Gasteiger charge is 2.31. The van der Waals surface area contributed by atoms with Gasteiger partial charge >= 0.3 is 5.97 Å². The smallest absolute Gasteiger partial charge is 0.333 e. The molecule has 2 aliphatic rings. The molecule has 0 spiro atoms. The van der Waals surface area contributed by atoms with Crippen molar-refractivity contribution in [2.24, 2.45) is 0 Å². The summed E-state index contributed by atoms with van der Waals surface area (Å²) in [7, 11) is 0. The van der Waals surface area contributed by atoms with Crippen molar-refractivity contribution in [1.82, 2.24) is 4.90 Å². The number of carbonyl (C=O) groups is 3. The van der Waals surface area contributed by atoms with Crippen LogP contribution in [0.15, 0.2) is 24.3 Å². The maximum absolute atomic E-state index is 11.3. The molecule has 2 amide bonds. The summed E-state index contributed by atoms with van der Waals surface area (Å²) in [5, 5.41) is 8.19. The van der Waals surface area contributed by atoms with Crippen LogP contribution in [0, 0.1) is 0 Å². The minimum Gasteiger partial charge on any atom is -0.460 e. The second-order valence-corrected chi connectivity index (χ2v) is 5.31. The molecule has 0 aromatic heterocycles. The van der Waals surface area contributed by atoms with E-state index in [2.05, 4.69) is 11.3 Å². The van der Waals surface area contributed by atoms with Crippen LogP contribution in [0.3, 0.4) is 0 Å². The average molecular weight is 309 g/mol. The normalized spacial score (nSPS) is 18.0. The van der Waals surface area contributed by atoms with Crippen molar-refractivity contribution in [2.75, 3.05) is 13.2 Å². The number of hydrogen-bond donors (Lipinski definition) is 1. The molecule has 0 aromatic rings. The van der Waals surface area contributed by atoms with Crippen LogP contribution in [-0.2, 0) is 19.1 Å². The third kappa shape index (κ3) is 5.44. The maximum Gasteiger partial charge on any atom is 0.333 e. The molecule has 0 aromatic carbocycles. The van der Waals surface area contributed by atoms with E-state index in [0.717, 1.165) is 25.7 Å². The monoisotopic (exact) mass is 309 g/mol. The van der Waals surface area contributed by atoms with E-state index in [1.165, 1.54) is 23.5 Å². The molecule has 0 unspecified atom stereocenters. The number of rotatable bonds is 4. The molecule has 1 aliphatic heterocycles. The first kappa shape index (κ1) is 18.1. The molecule has 0 radical (unpaired) electrons. The van der Waals surface area contributed by atoms with Gasteiger partial charge < -0.3 is 9.84 Å². The van der Waals surface area contributed by atoms with Crippen molar-refractivity contribution in [3.8, 4) is 0 Å². The molecule has 122 valence electrons. The van der Waals surface area contributed by atoms with Crippen LogP contribution < -0.4 is 0 Å². The Hall–Kier alpha value is -1.95. The fourth-order valence-corrected chi connectivity index (χ4v) is 2.37. The van der Waals surface area contributed by atoms with Crippen molar-refractivity contribution >= 4 is 17.8 Å². The third-order valence-corrected chi connectivity index (χ3v) is 3.46. The first-order valence-corrected chi connectivity index (χ1v) is 7.46. The van der Waals surface area contributed by atoms with Crippen molar-refractivity contribution < 1.29 is 24.2 Å². The Morgan fingerprint density at radius 1 is 1.27 bits per heavy atom. The Balaban J connectivity index is 0.000000239. The quantitative estimate of drug-likeness (QED) is 0.481. The van der Waals surface area contributed by atoms with E-state index in [4.69, 9.17) is 5.11 Å². The summed E-state index contributed by atoms with van der Waals surface area (Å²) in [5.74, 6) is -0.710. The van der Waals surface area contributed by atoms with Gasteiger partial charge in [0.05, 0.1) is 6.61 Å².